The summed E-state index contributed by atoms with van der Waals surface area (Å²) in [7, 11) is 0. The molecule has 156 valence electrons. The first kappa shape index (κ1) is 19.3. The predicted molar refractivity (Wildman–Crippen MR) is 111 cm³/mol. The van der Waals surface area contributed by atoms with Crippen LogP contribution in [0.25, 0.3) is 5.69 Å². The van der Waals surface area contributed by atoms with Crippen molar-refractivity contribution in [1.29, 1.82) is 0 Å². The van der Waals surface area contributed by atoms with Gasteiger partial charge in [-0.05, 0) is 61.9 Å². The highest BCUT2D eigenvalue weighted by atomic mass is 32.2. The third-order valence-electron chi connectivity index (χ3n) is 5.69. The van der Waals surface area contributed by atoms with E-state index in [9.17, 15) is 9.18 Å². The maximum atomic E-state index is 13.3. The molecule has 0 bridgehead atoms. The molecular formula is C21H23FN6OS. The van der Waals surface area contributed by atoms with Crippen LogP contribution in [0, 0.1) is 5.82 Å². The molecule has 1 aromatic carbocycles. The Hall–Kier alpha value is -2.68. The van der Waals surface area contributed by atoms with Gasteiger partial charge in [-0.2, -0.15) is 5.10 Å². The molecule has 0 atom stereocenters. The molecule has 9 heteroatoms. The van der Waals surface area contributed by atoms with Gasteiger partial charge < -0.3 is 10.3 Å². The van der Waals surface area contributed by atoms with Crippen molar-refractivity contribution in [3.63, 3.8) is 0 Å². The Morgan fingerprint density at radius 3 is 2.73 bits per heavy atom. The topological polar surface area (TPSA) is 91.6 Å². The van der Waals surface area contributed by atoms with Gasteiger partial charge in [0.15, 0.2) is 5.16 Å². The summed E-state index contributed by atoms with van der Waals surface area (Å²) in [5.41, 5.74) is 9.78. The first-order valence-corrected chi connectivity index (χ1v) is 11.3. The highest BCUT2D eigenvalue weighted by Crippen LogP contribution is 2.40. The summed E-state index contributed by atoms with van der Waals surface area (Å²) in [6, 6.07) is 6.46. The number of thioether (sulfide) groups is 1. The second-order valence-electron chi connectivity index (χ2n) is 7.89. The fourth-order valence-corrected chi connectivity index (χ4v) is 4.98. The summed E-state index contributed by atoms with van der Waals surface area (Å²) in [6.45, 7) is 0.513. The maximum Gasteiger partial charge on any atom is 0.219 e. The lowest BCUT2D eigenvalue weighted by molar-refractivity contribution is -0.118. The molecule has 0 saturated heterocycles. The van der Waals surface area contributed by atoms with Crippen molar-refractivity contribution >= 4 is 17.7 Å². The van der Waals surface area contributed by atoms with Gasteiger partial charge in [0.05, 0.1) is 11.4 Å². The van der Waals surface area contributed by atoms with Crippen LogP contribution in [0.2, 0.25) is 0 Å². The second kappa shape index (κ2) is 7.86. The van der Waals surface area contributed by atoms with Crippen LogP contribution in [-0.4, -0.2) is 30.5 Å². The zero-order valence-corrected chi connectivity index (χ0v) is 17.4. The van der Waals surface area contributed by atoms with E-state index in [0.29, 0.717) is 18.2 Å². The number of amides is 1. The number of nitrogens with two attached hydrogens (primary N) is 1. The lowest BCUT2D eigenvalue weighted by Crippen LogP contribution is -2.15. The average molecular weight is 427 g/mol. The van der Waals surface area contributed by atoms with Gasteiger partial charge in [-0.25, -0.2) is 9.07 Å². The first-order valence-electron chi connectivity index (χ1n) is 10.3. The number of benzene rings is 1. The third-order valence-corrected chi connectivity index (χ3v) is 6.67. The second-order valence-corrected chi connectivity index (χ2v) is 8.83. The monoisotopic (exact) mass is 426 g/mol. The van der Waals surface area contributed by atoms with Crippen LogP contribution in [0.15, 0.2) is 29.4 Å². The summed E-state index contributed by atoms with van der Waals surface area (Å²) < 4.78 is 17.3. The zero-order valence-electron chi connectivity index (χ0n) is 16.6. The first-order chi connectivity index (χ1) is 14.6. The fraction of sp³-hybridized carbons (Fsp3) is 0.429. The Balaban J connectivity index is 1.39. The van der Waals surface area contributed by atoms with Crippen LogP contribution in [-0.2, 0) is 29.9 Å². The number of rotatable bonds is 8. The van der Waals surface area contributed by atoms with E-state index in [0.717, 1.165) is 54.5 Å². The van der Waals surface area contributed by atoms with Gasteiger partial charge in [-0.3, -0.25) is 4.79 Å². The summed E-state index contributed by atoms with van der Waals surface area (Å²) in [6.07, 6.45) is 5.61. The Labute approximate surface area is 177 Å². The molecule has 1 fully saturated rings. The molecule has 1 amide bonds. The quantitative estimate of drug-likeness (QED) is 0.559. The van der Waals surface area contributed by atoms with Crippen LogP contribution < -0.4 is 5.73 Å². The number of hydrogen-bond acceptors (Lipinski definition) is 5. The van der Waals surface area contributed by atoms with E-state index >= 15 is 0 Å². The van der Waals surface area contributed by atoms with Crippen LogP contribution in [0.5, 0.6) is 0 Å². The standard InChI is InChI=1S/C21H23FN6OS/c22-14-6-8-15(9-7-14)28-18-3-1-2-16(18)17(26-28)12-30-21-25-24-20(13-4-5-13)27(21)11-10-19(23)29/h6-9,13H,1-5,10-12H2,(H2,23,29). The van der Waals surface area contributed by atoms with E-state index in [1.165, 1.54) is 23.4 Å². The summed E-state index contributed by atoms with van der Waals surface area (Å²) in [4.78, 5) is 11.3. The minimum absolute atomic E-state index is 0.250. The van der Waals surface area contributed by atoms with Crippen molar-refractivity contribution in [2.45, 2.75) is 61.9 Å². The van der Waals surface area contributed by atoms with Crippen LogP contribution in [0.4, 0.5) is 4.39 Å². The van der Waals surface area contributed by atoms with E-state index in [1.54, 1.807) is 23.9 Å². The number of carbonyl (C=O) groups excluding carboxylic acids is 1. The largest absolute Gasteiger partial charge is 0.370 e. The predicted octanol–water partition coefficient (Wildman–Crippen LogP) is 3.14. The number of aromatic nitrogens is 5. The molecule has 0 spiro atoms. The van der Waals surface area contributed by atoms with E-state index < -0.39 is 0 Å². The number of hydrogen-bond donors (Lipinski definition) is 1. The lowest BCUT2D eigenvalue weighted by atomic mass is 10.2. The highest BCUT2D eigenvalue weighted by molar-refractivity contribution is 7.98. The minimum Gasteiger partial charge on any atom is -0.370 e. The maximum absolute atomic E-state index is 13.3. The number of nitrogens with zero attached hydrogens (tertiary/aromatic N) is 5. The van der Waals surface area contributed by atoms with Crippen molar-refractivity contribution in [3.8, 4) is 5.69 Å². The molecule has 0 radical (unpaired) electrons. The van der Waals surface area contributed by atoms with Crippen LogP contribution in [0.1, 0.15) is 54.4 Å². The number of carbonyl (C=O) groups is 1. The van der Waals surface area contributed by atoms with Gasteiger partial charge in [-0.15, -0.1) is 10.2 Å². The van der Waals surface area contributed by atoms with Gasteiger partial charge in [0.2, 0.25) is 5.91 Å². The molecule has 2 aliphatic carbocycles. The molecule has 1 saturated carbocycles. The van der Waals surface area contributed by atoms with Gasteiger partial charge in [-0.1, -0.05) is 11.8 Å². The molecule has 3 aromatic rings. The van der Waals surface area contributed by atoms with Crippen LogP contribution >= 0.6 is 11.8 Å². The van der Waals surface area contributed by atoms with Gasteiger partial charge in [0.1, 0.15) is 11.6 Å². The number of fused-ring (bicyclic) bond motifs is 1. The third kappa shape index (κ3) is 3.74. The molecule has 0 aliphatic heterocycles. The van der Waals surface area contributed by atoms with Crippen molar-refractivity contribution in [2.24, 2.45) is 5.73 Å². The summed E-state index contributed by atoms with van der Waals surface area (Å²) >= 11 is 1.60. The molecule has 5 rings (SSSR count). The van der Waals surface area contributed by atoms with Crippen molar-refractivity contribution in [3.05, 3.63) is 52.9 Å². The highest BCUT2D eigenvalue weighted by Gasteiger charge is 2.31. The van der Waals surface area contributed by atoms with Gasteiger partial charge in [0, 0.05) is 30.3 Å². The summed E-state index contributed by atoms with van der Waals surface area (Å²) in [5, 5.41) is 14.4. The number of halogens is 1. The number of primary amides is 1. The molecular weight excluding hydrogens is 403 g/mol. The minimum atomic E-state index is -0.322. The Bertz CT molecular complexity index is 1090. The summed E-state index contributed by atoms with van der Waals surface area (Å²) in [5.74, 6) is 1.51. The zero-order chi connectivity index (χ0) is 20.7. The molecule has 2 heterocycles. The lowest BCUT2D eigenvalue weighted by Gasteiger charge is -2.08. The Morgan fingerprint density at radius 1 is 1.20 bits per heavy atom. The molecule has 0 unspecified atom stereocenters. The van der Waals surface area contributed by atoms with Gasteiger partial charge in [0.25, 0.3) is 0 Å². The molecule has 2 aliphatic rings. The SMILES string of the molecule is NC(=O)CCn1c(SCc2nn(-c3ccc(F)cc3)c3c2CCC3)nnc1C1CC1. The normalized spacial score (nSPS) is 15.5. The Morgan fingerprint density at radius 2 is 2.00 bits per heavy atom. The van der Waals surface area contributed by atoms with E-state index in [-0.39, 0.29) is 18.1 Å². The van der Waals surface area contributed by atoms with Crippen molar-refractivity contribution < 1.29 is 9.18 Å². The fourth-order valence-electron chi connectivity index (χ4n) is 4.04. The van der Waals surface area contributed by atoms with E-state index in [4.69, 9.17) is 10.8 Å². The van der Waals surface area contributed by atoms with Gasteiger partial charge >= 0.3 is 0 Å². The molecule has 7 nitrogen and oxygen atoms in total. The molecule has 30 heavy (non-hydrogen) atoms. The molecule has 2 N–H and O–H groups in total. The van der Waals surface area contributed by atoms with E-state index in [1.807, 2.05) is 9.25 Å². The molecule has 2 aromatic heterocycles. The Kier molecular flexibility index (Phi) is 5.06. The average Bonchev–Trinajstić information content (AvgIpc) is 3.17. The van der Waals surface area contributed by atoms with Crippen molar-refractivity contribution in [2.75, 3.05) is 0 Å². The van der Waals surface area contributed by atoms with Crippen LogP contribution in [0.3, 0.4) is 0 Å². The smallest absolute Gasteiger partial charge is 0.219 e. The van der Waals surface area contributed by atoms with Crippen molar-refractivity contribution in [1.82, 2.24) is 24.5 Å². The van der Waals surface area contributed by atoms with E-state index in [2.05, 4.69) is 10.2 Å².